The third-order valence-corrected chi connectivity index (χ3v) is 5.64. The second kappa shape index (κ2) is 7.89. The minimum Gasteiger partial charge on any atom is -0.486 e. The van der Waals surface area contributed by atoms with Crippen molar-refractivity contribution in [1.82, 2.24) is 24.7 Å². The first-order valence-electron chi connectivity index (χ1n) is 10.5. The molecule has 1 aromatic carbocycles. The van der Waals surface area contributed by atoms with E-state index < -0.39 is 0 Å². The largest absolute Gasteiger partial charge is 0.486 e. The van der Waals surface area contributed by atoms with Gasteiger partial charge < -0.3 is 19.8 Å². The van der Waals surface area contributed by atoms with Gasteiger partial charge in [-0.25, -0.2) is 9.97 Å². The van der Waals surface area contributed by atoms with Crippen LogP contribution in [0.3, 0.4) is 0 Å². The van der Waals surface area contributed by atoms with Crippen molar-refractivity contribution < 1.29 is 9.47 Å². The number of nitrogens with one attached hydrogen (secondary N) is 2. The van der Waals surface area contributed by atoms with Crippen LogP contribution in [0.15, 0.2) is 36.8 Å². The van der Waals surface area contributed by atoms with Crippen LogP contribution in [0.4, 0.5) is 5.82 Å². The molecular weight excluding hydrogens is 406 g/mol. The monoisotopic (exact) mass is 429 g/mol. The zero-order valence-corrected chi connectivity index (χ0v) is 18.1. The molecular formula is C23H23N7O2. The summed E-state index contributed by atoms with van der Waals surface area (Å²) >= 11 is 0. The van der Waals surface area contributed by atoms with Gasteiger partial charge >= 0.3 is 0 Å². The second-order valence-corrected chi connectivity index (χ2v) is 8.08. The number of nitrogens with zero attached hydrogens (tertiary/aromatic N) is 5. The quantitative estimate of drug-likeness (QED) is 0.496. The molecule has 4 heterocycles. The summed E-state index contributed by atoms with van der Waals surface area (Å²) < 4.78 is 13.0. The Balaban J connectivity index is 1.52. The first kappa shape index (κ1) is 19.9. The second-order valence-electron chi connectivity index (χ2n) is 8.08. The molecule has 1 atom stereocenters. The number of H-pyrrole nitrogens is 1. The van der Waals surface area contributed by atoms with Crippen LogP contribution in [-0.4, -0.2) is 37.9 Å². The maximum absolute atomic E-state index is 9.49. The summed E-state index contributed by atoms with van der Waals surface area (Å²) in [5.74, 6) is 2.53. The lowest BCUT2D eigenvalue weighted by molar-refractivity contribution is 0.171. The Morgan fingerprint density at radius 3 is 2.75 bits per heavy atom. The Hall–Kier alpha value is -4.06. The number of rotatable bonds is 5. The Morgan fingerprint density at radius 2 is 1.97 bits per heavy atom. The molecule has 3 aromatic heterocycles. The van der Waals surface area contributed by atoms with E-state index in [4.69, 9.17) is 9.47 Å². The molecule has 0 saturated carbocycles. The van der Waals surface area contributed by atoms with Crippen LogP contribution in [0.5, 0.6) is 11.5 Å². The third-order valence-electron chi connectivity index (χ3n) is 5.64. The molecule has 0 amide bonds. The number of aromatic amines is 1. The molecule has 0 spiro atoms. The molecule has 0 fully saturated rings. The number of ether oxygens (including phenoxy) is 2. The summed E-state index contributed by atoms with van der Waals surface area (Å²) in [5.41, 5.74) is 3.76. The molecule has 0 bridgehead atoms. The van der Waals surface area contributed by atoms with Gasteiger partial charge in [0.15, 0.2) is 11.5 Å². The topological polar surface area (TPSA) is 114 Å². The third kappa shape index (κ3) is 3.39. The van der Waals surface area contributed by atoms with Crippen LogP contribution in [-0.2, 0) is 7.05 Å². The summed E-state index contributed by atoms with van der Waals surface area (Å²) in [6.07, 6.45) is 3.20. The smallest absolute Gasteiger partial charge is 0.161 e. The van der Waals surface area contributed by atoms with Crippen molar-refractivity contribution in [3.05, 3.63) is 48.0 Å². The van der Waals surface area contributed by atoms with E-state index in [9.17, 15) is 5.26 Å². The van der Waals surface area contributed by atoms with Gasteiger partial charge in [-0.1, -0.05) is 19.9 Å². The van der Waals surface area contributed by atoms with Gasteiger partial charge in [0.2, 0.25) is 0 Å². The standard InChI is InChI=1S/C23H23N7O2/c1-13(2)21(14-4-5-19-20(8-14)32-7-6-31-19)29-23-15-9-17(28-22(15)25-12-26-23)16-11-27-30(3)18(16)10-24/h4-5,8-9,11-13,21H,6-7H2,1-3H3,(H2,25,26,28,29)/t21-/m0/s1. The highest BCUT2D eigenvalue weighted by molar-refractivity contribution is 5.92. The van der Waals surface area contributed by atoms with E-state index in [-0.39, 0.29) is 12.0 Å². The van der Waals surface area contributed by atoms with Gasteiger partial charge in [0, 0.05) is 7.05 Å². The predicted octanol–water partition coefficient (Wildman–Crippen LogP) is 3.81. The summed E-state index contributed by atoms with van der Waals surface area (Å²) in [4.78, 5) is 12.2. The van der Waals surface area contributed by atoms with E-state index in [0.717, 1.165) is 33.7 Å². The summed E-state index contributed by atoms with van der Waals surface area (Å²) in [6.45, 7) is 5.43. The molecule has 0 unspecified atom stereocenters. The molecule has 32 heavy (non-hydrogen) atoms. The van der Waals surface area contributed by atoms with Crippen molar-refractivity contribution in [2.45, 2.75) is 19.9 Å². The molecule has 4 aromatic rings. The molecule has 5 rings (SSSR count). The van der Waals surface area contributed by atoms with Crippen LogP contribution in [0.1, 0.15) is 31.1 Å². The number of hydrogen-bond acceptors (Lipinski definition) is 7. The first-order valence-corrected chi connectivity index (χ1v) is 10.5. The van der Waals surface area contributed by atoms with Gasteiger partial charge in [-0.05, 0) is 29.7 Å². The molecule has 162 valence electrons. The Morgan fingerprint density at radius 1 is 1.16 bits per heavy atom. The number of aryl methyl sites for hydroxylation is 1. The SMILES string of the molecule is CC(C)[C@H](Nc1ncnc2[nH]c(-c3cnn(C)c3C#N)cc12)c1ccc2c(c1)OCCO2. The number of aromatic nitrogens is 5. The zero-order valence-electron chi connectivity index (χ0n) is 18.1. The highest BCUT2D eigenvalue weighted by Crippen LogP contribution is 2.37. The Kier molecular flexibility index (Phi) is 4.90. The van der Waals surface area contributed by atoms with Crippen molar-refractivity contribution in [3.63, 3.8) is 0 Å². The fraction of sp³-hybridized carbons (Fsp3) is 0.304. The van der Waals surface area contributed by atoms with Gasteiger partial charge in [0.1, 0.15) is 42.8 Å². The normalized spacial score (nSPS) is 13.8. The highest BCUT2D eigenvalue weighted by atomic mass is 16.6. The Bertz CT molecular complexity index is 1330. The average molecular weight is 429 g/mol. The van der Waals surface area contributed by atoms with Crippen LogP contribution < -0.4 is 14.8 Å². The number of nitriles is 1. The Labute approximate surface area is 185 Å². The van der Waals surface area contributed by atoms with Gasteiger partial charge in [0.25, 0.3) is 0 Å². The molecule has 0 aliphatic carbocycles. The van der Waals surface area contributed by atoms with E-state index in [1.54, 1.807) is 17.9 Å². The number of hydrogen-bond donors (Lipinski definition) is 2. The van der Waals surface area contributed by atoms with Gasteiger partial charge in [-0.3, -0.25) is 4.68 Å². The van der Waals surface area contributed by atoms with Crippen LogP contribution in [0, 0.1) is 17.2 Å². The fourth-order valence-corrected chi connectivity index (χ4v) is 4.00. The number of benzene rings is 1. The van der Waals surface area contributed by atoms with Crippen molar-refractivity contribution >= 4 is 16.9 Å². The van der Waals surface area contributed by atoms with E-state index in [1.165, 1.54) is 6.33 Å². The molecule has 1 aliphatic heterocycles. The van der Waals surface area contributed by atoms with Gasteiger partial charge in [0.05, 0.1) is 28.9 Å². The van der Waals surface area contributed by atoms with Gasteiger partial charge in [-0.15, -0.1) is 0 Å². The van der Waals surface area contributed by atoms with Gasteiger partial charge in [-0.2, -0.15) is 10.4 Å². The number of anilines is 1. The van der Waals surface area contributed by atoms with Crippen molar-refractivity contribution in [1.29, 1.82) is 5.26 Å². The molecule has 0 radical (unpaired) electrons. The highest BCUT2D eigenvalue weighted by Gasteiger charge is 2.22. The summed E-state index contributed by atoms with van der Waals surface area (Å²) in [7, 11) is 1.75. The van der Waals surface area contributed by atoms with E-state index in [0.29, 0.717) is 30.4 Å². The summed E-state index contributed by atoms with van der Waals surface area (Å²) in [6, 6.07) is 10.2. The minimum absolute atomic E-state index is 0.00432. The maximum Gasteiger partial charge on any atom is 0.161 e. The molecule has 9 heteroatoms. The predicted molar refractivity (Wildman–Crippen MR) is 119 cm³/mol. The lowest BCUT2D eigenvalue weighted by atomic mass is 9.95. The summed E-state index contributed by atoms with van der Waals surface area (Å²) in [5, 5.41) is 18.1. The average Bonchev–Trinajstić information content (AvgIpc) is 3.40. The maximum atomic E-state index is 9.49. The fourth-order valence-electron chi connectivity index (χ4n) is 4.00. The van der Waals surface area contributed by atoms with Crippen molar-refractivity contribution in [2.75, 3.05) is 18.5 Å². The molecule has 0 saturated heterocycles. The van der Waals surface area contributed by atoms with Crippen molar-refractivity contribution in [2.24, 2.45) is 13.0 Å². The van der Waals surface area contributed by atoms with Crippen molar-refractivity contribution in [3.8, 4) is 28.8 Å². The molecule has 1 aliphatic rings. The number of fused-ring (bicyclic) bond motifs is 2. The molecule has 9 nitrogen and oxygen atoms in total. The minimum atomic E-state index is -0.00432. The van der Waals surface area contributed by atoms with E-state index in [2.05, 4.69) is 51.4 Å². The lowest BCUT2D eigenvalue weighted by Gasteiger charge is -2.26. The van der Waals surface area contributed by atoms with E-state index >= 15 is 0 Å². The molecule has 2 N–H and O–H groups in total. The van der Waals surface area contributed by atoms with Crippen LogP contribution in [0.25, 0.3) is 22.3 Å². The first-order chi connectivity index (χ1) is 15.5. The zero-order chi connectivity index (χ0) is 22.2. The van der Waals surface area contributed by atoms with Crippen LogP contribution >= 0.6 is 0 Å². The van der Waals surface area contributed by atoms with Crippen LogP contribution in [0.2, 0.25) is 0 Å². The van der Waals surface area contributed by atoms with E-state index in [1.807, 2.05) is 18.2 Å². The lowest BCUT2D eigenvalue weighted by Crippen LogP contribution is -2.19.